The number of ketones is 1. The molecular weight excluding hydrogens is 253 g/mol. The van der Waals surface area contributed by atoms with E-state index in [0.717, 1.165) is 12.1 Å². The number of Topliss-reactive ketones (excluding diaryl/α,β-unsaturated/α-hetero) is 1. The lowest BCUT2D eigenvalue weighted by atomic mass is 9.86. The van der Waals surface area contributed by atoms with E-state index in [2.05, 4.69) is 25.7 Å². The highest BCUT2D eigenvalue weighted by Gasteiger charge is 2.29. The standard InChI is InChI=1S/C17H24FNO/c1-12-8-13(2)14(3)19(10-12)11-17(20)9-15-4-6-16(18)7-5-15/h4-7,12-14H,8-11H2,1-3H3. The van der Waals surface area contributed by atoms with Crippen molar-refractivity contribution in [2.45, 2.75) is 39.7 Å². The van der Waals surface area contributed by atoms with E-state index in [1.54, 1.807) is 12.1 Å². The summed E-state index contributed by atoms with van der Waals surface area (Å²) >= 11 is 0. The zero-order valence-corrected chi connectivity index (χ0v) is 12.6. The highest BCUT2D eigenvalue weighted by Crippen LogP contribution is 2.26. The summed E-state index contributed by atoms with van der Waals surface area (Å²) in [5.74, 6) is 1.25. The van der Waals surface area contributed by atoms with E-state index in [0.29, 0.717) is 30.8 Å². The first kappa shape index (κ1) is 15.2. The van der Waals surface area contributed by atoms with Crippen LogP contribution in [0.5, 0.6) is 0 Å². The quantitative estimate of drug-likeness (QED) is 0.841. The predicted molar refractivity (Wildman–Crippen MR) is 79.1 cm³/mol. The lowest BCUT2D eigenvalue weighted by Crippen LogP contribution is -2.48. The molecule has 110 valence electrons. The molecule has 0 aromatic heterocycles. The van der Waals surface area contributed by atoms with E-state index in [1.165, 1.54) is 18.6 Å². The maximum absolute atomic E-state index is 12.8. The van der Waals surface area contributed by atoms with Crippen LogP contribution < -0.4 is 0 Å². The summed E-state index contributed by atoms with van der Waals surface area (Å²) in [6.45, 7) is 8.23. The lowest BCUT2D eigenvalue weighted by Gasteiger charge is -2.40. The topological polar surface area (TPSA) is 20.3 Å². The van der Waals surface area contributed by atoms with Crippen LogP contribution >= 0.6 is 0 Å². The third-order valence-electron chi connectivity index (χ3n) is 4.41. The number of halogens is 1. The Labute approximate surface area is 121 Å². The molecule has 3 unspecified atom stereocenters. The molecule has 3 atom stereocenters. The number of rotatable bonds is 4. The van der Waals surface area contributed by atoms with Crippen molar-refractivity contribution in [2.24, 2.45) is 11.8 Å². The molecule has 0 aliphatic carbocycles. The van der Waals surface area contributed by atoms with Crippen molar-refractivity contribution in [3.8, 4) is 0 Å². The monoisotopic (exact) mass is 277 g/mol. The number of likely N-dealkylation sites (tertiary alicyclic amines) is 1. The molecule has 2 nitrogen and oxygen atoms in total. The number of benzene rings is 1. The third kappa shape index (κ3) is 3.89. The summed E-state index contributed by atoms with van der Waals surface area (Å²) in [7, 11) is 0. The van der Waals surface area contributed by atoms with Crippen molar-refractivity contribution < 1.29 is 9.18 Å². The van der Waals surface area contributed by atoms with Gasteiger partial charge < -0.3 is 0 Å². The zero-order valence-electron chi connectivity index (χ0n) is 12.6. The molecule has 0 radical (unpaired) electrons. The Morgan fingerprint density at radius 3 is 2.55 bits per heavy atom. The van der Waals surface area contributed by atoms with Crippen LogP contribution in [0.3, 0.4) is 0 Å². The first-order valence-electron chi connectivity index (χ1n) is 7.46. The van der Waals surface area contributed by atoms with Crippen LogP contribution in [0.4, 0.5) is 4.39 Å². The molecule has 20 heavy (non-hydrogen) atoms. The van der Waals surface area contributed by atoms with Crippen LogP contribution in [0.25, 0.3) is 0 Å². The molecule has 1 aromatic rings. The van der Waals surface area contributed by atoms with Crippen molar-refractivity contribution in [1.29, 1.82) is 0 Å². The molecule has 0 bridgehead atoms. The van der Waals surface area contributed by atoms with E-state index in [9.17, 15) is 9.18 Å². The molecule has 0 N–H and O–H groups in total. The fourth-order valence-electron chi connectivity index (χ4n) is 3.15. The second-order valence-electron chi connectivity index (χ2n) is 6.33. The van der Waals surface area contributed by atoms with E-state index in [1.807, 2.05) is 0 Å². The highest BCUT2D eigenvalue weighted by atomic mass is 19.1. The molecule has 1 fully saturated rings. The molecule has 1 aromatic carbocycles. The van der Waals surface area contributed by atoms with Gasteiger partial charge in [0.05, 0.1) is 6.54 Å². The van der Waals surface area contributed by atoms with Gasteiger partial charge in [0.1, 0.15) is 5.82 Å². The van der Waals surface area contributed by atoms with Crippen LogP contribution in [0.15, 0.2) is 24.3 Å². The fourth-order valence-corrected chi connectivity index (χ4v) is 3.15. The number of piperidine rings is 1. The van der Waals surface area contributed by atoms with Gasteiger partial charge >= 0.3 is 0 Å². The average Bonchev–Trinajstić information content (AvgIpc) is 2.38. The Bertz CT molecular complexity index is 457. The van der Waals surface area contributed by atoms with Crippen LogP contribution in [0.1, 0.15) is 32.8 Å². The summed E-state index contributed by atoms with van der Waals surface area (Å²) in [6.07, 6.45) is 1.64. The van der Waals surface area contributed by atoms with E-state index in [-0.39, 0.29) is 11.6 Å². The predicted octanol–water partition coefficient (Wildman–Crippen LogP) is 3.30. The summed E-state index contributed by atoms with van der Waals surface area (Å²) in [5, 5.41) is 0. The van der Waals surface area contributed by atoms with Crippen molar-refractivity contribution in [1.82, 2.24) is 4.90 Å². The van der Waals surface area contributed by atoms with Crippen LogP contribution in [-0.2, 0) is 11.2 Å². The van der Waals surface area contributed by atoms with E-state index < -0.39 is 0 Å². The first-order chi connectivity index (χ1) is 9.45. The lowest BCUT2D eigenvalue weighted by molar-refractivity contribution is -0.121. The van der Waals surface area contributed by atoms with Gasteiger partial charge in [-0.05, 0) is 42.9 Å². The Kier molecular flexibility index (Phi) is 4.92. The number of hydrogen-bond acceptors (Lipinski definition) is 2. The van der Waals surface area contributed by atoms with Gasteiger partial charge in [-0.1, -0.05) is 26.0 Å². The van der Waals surface area contributed by atoms with E-state index >= 15 is 0 Å². The smallest absolute Gasteiger partial charge is 0.151 e. The minimum atomic E-state index is -0.256. The maximum Gasteiger partial charge on any atom is 0.151 e. The van der Waals surface area contributed by atoms with Gasteiger partial charge in [0, 0.05) is 19.0 Å². The number of hydrogen-bond donors (Lipinski definition) is 0. The van der Waals surface area contributed by atoms with Gasteiger partial charge in [0.25, 0.3) is 0 Å². The molecule has 1 heterocycles. The van der Waals surface area contributed by atoms with Crippen LogP contribution in [-0.4, -0.2) is 29.8 Å². The Hall–Kier alpha value is -1.22. The van der Waals surface area contributed by atoms with Crippen molar-refractivity contribution in [3.05, 3.63) is 35.6 Å². The van der Waals surface area contributed by atoms with Gasteiger partial charge in [0.2, 0.25) is 0 Å². The van der Waals surface area contributed by atoms with Crippen LogP contribution in [0, 0.1) is 17.7 Å². The molecule has 3 heteroatoms. The molecule has 2 rings (SSSR count). The van der Waals surface area contributed by atoms with Gasteiger partial charge in [-0.25, -0.2) is 4.39 Å². The van der Waals surface area contributed by atoms with Gasteiger partial charge in [-0.3, -0.25) is 9.69 Å². The Morgan fingerprint density at radius 1 is 1.25 bits per heavy atom. The number of nitrogens with zero attached hydrogens (tertiary/aromatic N) is 1. The minimum absolute atomic E-state index is 0.213. The largest absolute Gasteiger partial charge is 0.298 e. The normalized spacial score (nSPS) is 27.5. The SMILES string of the molecule is CC1CC(C)C(C)N(CC(=O)Cc2ccc(F)cc2)C1. The molecule has 0 spiro atoms. The van der Waals surface area contributed by atoms with Gasteiger partial charge in [-0.2, -0.15) is 0 Å². The Balaban J connectivity index is 1.92. The molecule has 1 saturated heterocycles. The van der Waals surface area contributed by atoms with Gasteiger partial charge in [-0.15, -0.1) is 0 Å². The van der Waals surface area contributed by atoms with Crippen molar-refractivity contribution in [3.63, 3.8) is 0 Å². The first-order valence-corrected chi connectivity index (χ1v) is 7.46. The van der Waals surface area contributed by atoms with Crippen molar-refractivity contribution >= 4 is 5.78 Å². The fraction of sp³-hybridized carbons (Fsp3) is 0.588. The molecule has 0 amide bonds. The molecule has 0 saturated carbocycles. The summed E-state index contributed by atoms with van der Waals surface area (Å²) < 4.78 is 12.8. The Morgan fingerprint density at radius 2 is 1.90 bits per heavy atom. The van der Waals surface area contributed by atoms with E-state index in [4.69, 9.17) is 0 Å². The number of carbonyl (C=O) groups is 1. The third-order valence-corrected chi connectivity index (χ3v) is 4.41. The minimum Gasteiger partial charge on any atom is -0.298 e. The second kappa shape index (κ2) is 6.49. The average molecular weight is 277 g/mol. The molecule has 1 aliphatic rings. The molecular formula is C17H24FNO. The summed E-state index contributed by atoms with van der Waals surface area (Å²) in [5.41, 5.74) is 0.891. The summed E-state index contributed by atoms with van der Waals surface area (Å²) in [6, 6.07) is 6.67. The van der Waals surface area contributed by atoms with Crippen molar-refractivity contribution in [2.75, 3.05) is 13.1 Å². The zero-order chi connectivity index (χ0) is 14.7. The van der Waals surface area contributed by atoms with Gasteiger partial charge in [0.15, 0.2) is 5.78 Å². The number of carbonyl (C=O) groups excluding carboxylic acids is 1. The summed E-state index contributed by atoms with van der Waals surface area (Å²) in [4.78, 5) is 14.5. The molecule has 1 aliphatic heterocycles. The van der Waals surface area contributed by atoms with Crippen LogP contribution in [0.2, 0.25) is 0 Å². The maximum atomic E-state index is 12.8. The highest BCUT2D eigenvalue weighted by molar-refractivity contribution is 5.82. The second-order valence-corrected chi connectivity index (χ2v) is 6.33.